The molecule has 0 radical (unpaired) electrons. The Morgan fingerprint density at radius 3 is 2.52 bits per heavy atom. The zero-order valence-electron chi connectivity index (χ0n) is 13.1. The second-order valence-electron chi connectivity index (χ2n) is 6.44. The fourth-order valence-electron chi connectivity index (χ4n) is 3.45. The van der Waals surface area contributed by atoms with Crippen LogP contribution in [0.3, 0.4) is 0 Å². The minimum atomic E-state index is 0.138. The summed E-state index contributed by atoms with van der Waals surface area (Å²) in [4.78, 5) is 17.1. The maximum absolute atomic E-state index is 12.8. The van der Waals surface area contributed by atoms with Crippen LogP contribution >= 0.6 is 11.3 Å². The molecule has 0 unspecified atom stereocenters. The number of morpholine rings is 1. The van der Waals surface area contributed by atoms with Crippen LogP contribution in [-0.4, -0.2) is 36.1 Å². The van der Waals surface area contributed by atoms with Gasteiger partial charge in [0.25, 0.3) is 5.91 Å². The van der Waals surface area contributed by atoms with E-state index in [1.54, 1.807) is 11.3 Å². The number of amides is 1. The first-order chi connectivity index (χ1) is 10.1. The highest BCUT2D eigenvalue weighted by atomic mass is 32.1. The lowest BCUT2D eigenvalue weighted by Crippen LogP contribution is -2.48. The van der Waals surface area contributed by atoms with Crippen LogP contribution in [0.5, 0.6) is 0 Å². The smallest absolute Gasteiger partial charge is 0.264 e. The van der Waals surface area contributed by atoms with E-state index in [0.717, 1.165) is 17.7 Å². The molecule has 0 saturated carbocycles. The highest BCUT2D eigenvalue weighted by Gasteiger charge is 2.28. The van der Waals surface area contributed by atoms with Gasteiger partial charge in [-0.2, -0.15) is 0 Å². The van der Waals surface area contributed by atoms with Crippen LogP contribution in [-0.2, 0) is 17.6 Å². The van der Waals surface area contributed by atoms with Gasteiger partial charge in [0.15, 0.2) is 0 Å². The maximum Gasteiger partial charge on any atom is 0.264 e. The quantitative estimate of drug-likeness (QED) is 0.792. The van der Waals surface area contributed by atoms with Crippen molar-refractivity contribution in [1.82, 2.24) is 4.90 Å². The molecule has 2 aliphatic rings. The number of aryl methyl sites for hydroxylation is 2. The molecule has 21 heavy (non-hydrogen) atoms. The van der Waals surface area contributed by atoms with Crippen molar-refractivity contribution >= 4 is 17.2 Å². The Morgan fingerprint density at radius 1 is 1.14 bits per heavy atom. The zero-order chi connectivity index (χ0) is 14.8. The van der Waals surface area contributed by atoms with Crippen LogP contribution in [0.2, 0.25) is 0 Å². The van der Waals surface area contributed by atoms with Gasteiger partial charge in [-0.05, 0) is 51.2 Å². The summed E-state index contributed by atoms with van der Waals surface area (Å²) in [6.45, 7) is 5.52. The van der Waals surface area contributed by atoms with Gasteiger partial charge in [0.2, 0.25) is 0 Å². The van der Waals surface area contributed by atoms with Crippen LogP contribution in [0.1, 0.15) is 59.6 Å². The van der Waals surface area contributed by atoms with E-state index in [4.69, 9.17) is 4.74 Å². The number of ether oxygens (including phenoxy) is 1. The molecule has 2 heterocycles. The van der Waals surface area contributed by atoms with Gasteiger partial charge in [-0.25, -0.2) is 0 Å². The average molecular weight is 307 g/mol. The van der Waals surface area contributed by atoms with Crippen LogP contribution in [0.15, 0.2) is 6.07 Å². The summed E-state index contributed by atoms with van der Waals surface area (Å²) < 4.78 is 5.73. The first kappa shape index (κ1) is 15.0. The van der Waals surface area contributed by atoms with Crippen LogP contribution < -0.4 is 0 Å². The lowest BCUT2D eigenvalue weighted by atomic mass is 10.00. The van der Waals surface area contributed by atoms with Gasteiger partial charge in [0.1, 0.15) is 0 Å². The number of hydrogen-bond donors (Lipinski definition) is 0. The second-order valence-corrected chi connectivity index (χ2v) is 7.58. The van der Waals surface area contributed by atoms with E-state index >= 15 is 0 Å². The monoisotopic (exact) mass is 307 g/mol. The number of thiophene rings is 1. The van der Waals surface area contributed by atoms with E-state index in [1.807, 2.05) is 18.7 Å². The molecule has 1 aromatic heterocycles. The van der Waals surface area contributed by atoms with Crippen LogP contribution in [0, 0.1) is 0 Å². The van der Waals surface area contributed by atoms with E-state index in [-0.39, 0.29) is 18.1 Å². The Labute approximate surface area is 131 Å². The summed E-state index contributed by atoms with van der Waals surface area (Å²) >= 11 is 1.73. The fourth-order valence-corrected chi connectivity index (χ4v) is 4.67. The number of nitrogens with zero attached hydrogens (tertiary/aromatic N) is 1. The largest absolute Gasteiger partial charge is 0.372 e. The molecule has 4 heteroatoms. The molecule has 2 atom stereocenters. The van der Waals surface area contributed by atoms with Crippen molar-refractivity contribution in [3.8, 4) is 0 Å². The third-order valence-corrected chi connectivity index (χ3v) is 5.64. The molecule has 1 aliphatic carbocycles. The second kappa shape index (κ2) is 6.49. The minimum Gasteiger partial charge on any atom is -0.372 e. The molecule has 3 rings (SSSR count). The fraction of sp³-hybridized carbons (Fsp3) is 0.706. The van der Waals surface area contributed by atoms with E-state index in [1.165, 1.54) is 36.1 Å². The van der Waals surface area contributed by atoms with Gasteiger partial charge in [-0.3, -0.25) is 4.79 Å². The normalized spacial score (nSPS) is 26.9. The van der Waals surface area contributed by atoms with Gasteiger partial charge < -0.3 is 9.64 Å². The van der Waals surface area contributed by atoms with E-state index in [0.29, 0.717) is 13.1 Å². The Bertz CT molecular complexity index is 475. The summed E-state index contributed by atoms with van der Waals surface area (Å²) in [5.74, 6) is 0.203. The van der Waals surface area contributed by atoms with Crippen molar-refractivity contribution in [2.24, 2.45) is 0 Å². The first-order valence-electron chi connectivity index (χ1n) is 8.20. The number of carbonyl (C=O) groups is 1. The Balaban J connectivity index is 1.76. The number of hydrogen-bond acceptors (Lipinski definition) is 3. The molecule has 1 fully saturated rings. The van der Waals surface area contributed by atoms with Gasteiger partial charge in [0, 0.05) is 18.0 Å². The number of rotatable bonds is 1. The van der Waals surface area contributed by atoms with E-state index < -0.39 is 0 Å². The van der Waals surface area contributed by atoms with Crippen molar-refractivity contribution in [2.75, 3.05) is 13.1 Å². The maximum atomic E-state index is 12.8. The molecule has 0 aromatic carbocycles. The molecule has 1 saturated heterocycles. The summed E-state index contributed by atoms with van der Waals surface area (Å²) in [6.07, 6.45) is 7.78. The number of carbonyl (C=O) groups excluding carboxylic acids is 1. The average Bonchev–Trinajstić information content (AvgIpc) is 2.79. The highest BCUT2D eigenvalue weighted by Crippen LogP contribution is 2.29. The molecule has 116 valence electrons. The van der Waals surface area contributed by atoms with Crippen molar-refractivity contribution in [3.63, 3.8) is 0 Å². The Morgan fingerprint density at radius 2 is 1.81 bits per heavy atom. The number of fused-ring (bicyclic) bond motifs is 1. The highest BCUT2D eigenvalue weighted by molar-refractivity contribution is 7.14. The molecule has 1 amide bonds. The van der Waals surface area contributed by atoms with E-state index in [2.05, 4.69) is 6.07 Å². The standard InChI is InChI=1S/C17H25NO2S/c1-12-10-18(11-13(2)20-12)17(19)16-9-14-7-5-3-4-6-8-15(14)21-16/h9,12-13H,3-8,10-11H2,1-2H3/t12-,13-/m1/s1. The summed E-state index contributed by atoms with van der Waals surface area (Å²) in [7, 11) is 0. The van der Waals surface area contributed by atoms with Gasteiger partial charge in [0.05, 0.1) is 17.1 Å². The topological polar surface area (TPSA) is 29.5 Å². The van der Waals surface area contributed by atoms with E-state index in [9.17, 15) is 4.79 Å². The molecular weight excluding hydrogens is 282 g/mol. The Kier molecular flexibility index (Phi) is 4.65. The SMILES string of the molecule is C[C@@H]1CN(C(=O)c2cc3c(s2)CCCCCC3)C[C@@H](C)O1. The molecule has 3 nitrogen and oxygen atoms in total. The summed E-state index contributed by atoms with van der Waals surface area (Å²) in [6, 6.07) is 2.17. The first-order valence-corrected chi connectivity index (χ1v) is 9.01. The van der Waals surface area contributed by atoms with Crippen molar-refractivity contribution < 1.29 is 9.53 Å². The van der Waals surface area contributed by atoms with Crippen molar-refractivity contribution in [2.45, 2.75) is 64.6 Å². The lowest BCUT2D eigenvalue weighted by Gasteiger charge is -2.35. The van der Waals surface area contributed by atoms with Crippen molar-refractivity contribution in [1.29, 1.82) is 0 Å². The molecule has 0 spiro atoms. The van der Waals surface area contributed by atoms with Gasteiger partial charge >= 0.3 is 0 Å². The van der Waals surface area contributed by atoms with Crippen molar-refractivity contribution in [3.05, 3.63) is 21.4 Å². The predicted octanol–water partition coefficient (Wildman–Crippen LogP) is 3.66. The lowest BCUT2D eigenvalue weighted by molar-refractivity contribution is -0.0585. The van der Waals surface area contributed by atoms with Crippen LogP contribution in [0.25, 0.3) is 0 Å². The summed E-state index contributed by atoms with van der Waals surface area (Å²) in [5, 5.41) is 0. The Hall–Kier alpha value is -0.870. The van der Waals surface area contributed by atoms with Crippen LogP contribution in [0.4, 0.5) is 0 Å². The van der Waals surface area contributed by atoms with Gasteiger partial charge in [-0.1, -0.05) is 12.8 Å². The molecule has 0 N–H and O–H groups in total. The zero-order valence-corrected chi connectivity index (χ0v) is 13.9. The third-order valence-electron chi connectivity index (χ3n) is 4.41. The third kappa shape index (κ3) is 3.49. The molecule has 1 aromatic rings. The molecule has 0 bridgehead atoms. The summed E-state index contributed by atoms with van der Waals surface area (Å²) in [5.41, 5.74) is 1.43. The molecule has 1 aliphatic heterocycles. The minimum absolute atomic E-state index is 0.138. The molecular formula is C17H25NO2S. The van der Waals surface area contributed by atoms with Gasteiger partial charge in [-0.15, -0.1) is 11.3 Å². The predicted molar refractivity (Wildman–Crippen MR) is 86.1 cm³/mol.